The van der Waals surface area contributed by atoms with Crippen LogP contribution in [-0.4, -0.2) is 39.3 Å². The van der Waals surface area contributed by atoms with Crippen molar-refractivity contribution >= 4 is 17.8 Å². The highest BCUT2D eigenvalue weighted by Crippen LogP contribution is 2.00. The molecule has 1 aromatic heterocycles. The van der Waals surface area contributed by atoms with Crippen LogP contribution in [0.5, 0.6) is 0 Å². The number of allylic oxidation sites excluding steroid dienone is 1. The van der Waals surface area contributed by atoms with Gasteiger partial charge in [-0.2, -0.15) is 5.10 Å². The number of hydrogen-bond donors (Lipinski definition) is 2. The summed E-state index contributed by atoms with van der Waals surface area (Å²) in [6.07, 6.45) is 3.71. The van der Waals surface area contributed by atoms with Crippen molar-refractivity contribution < 1.29 is 24.2 Å². The van der Waals surface area contributed by atoms with Gasteiger partial charge in [0.25, 0.3) is 5.91 Å². The number of rotatable bonds is 6. The standard InChI is InChI=1S/C12H15N3O5/c1-3-20-11(18)4-8(2)14-12(19)9-5-13-15(6-9)7-10(16)17/h4-6H,3,7H2,1-2H3,(H,14,19)(H,16,17)/b8-4+. The second kappa shape index (κ2) is 7.07. The Bertz CT molecular complexity index is 547. The summed E-state index contributed by atoms with van der Waals surface area (Å²) in [6.45, 7) is 3.14. The van der Waals surface area contributed by atoms with Gasteiger partial charge >= 0.3 is 11.9 Å². The number of hydrogen-bond acceptors (Lipinski definition) is 5. The Morgan fingerprint density at radius 3 is 2.80 bits per heavy atom. The molecule has 8 nitrogen and oxygen atoms in total. The van der Waals surface area contributed by atoms with E-state index in [1.165, 1.54) is 19.3 Å². The largest absolute Gasteiger partial charge is 0.480 e. The highest BCUT2D eigenvalue weighted by atomic mass is 16.5. The molecule has 0 bridgehead atoms. The van der Waals surface area contributed by atoms with Crippen molar-refractivity contribution in [1.29, 1.82) is 0 Å². The topological polar surface area (TPSA) is 111 Å². The third kappa shape index (κ3) is 4.92. The molecule has 0 aliphatic heterocycles. The Morgan fingerprint density at radius 1 is 1.50 bits per heavy atom. The number of aromatic nitrogens is 2. The number of carboxylic acids is 1. The molecule has 1 rings (SSSR count). The summed E-state index contributed by atoms with van der Waals surface area (Å²) < 4.78 is 5.83. The number of ether oxygens (including phenoxy) is 1. The Labute approximate surface area is 115 Å². The normalized spacial score (nSPS) is 11.0. The maximum atomic E-state index is 11.8. The van der Waals surface area contributed by atoms with Crippen molar-refractivity contribution in [3.05, 3.63) is 29.7 Å². The lowest BCUT2D eigenvalue weighted by Gasteiger charge is -2.03. The molecule has 0 radical (unpaired) electrons. The Kier molecular flexibility index (Phi) is 5.45. The molecule has 0 atom stereocenters. The molecule has 20 heavy (non-hydrogen) atoms. The molecule has 1 amide bonds. The average molecular weight is 281 g/mol. The molecule has 108 valence electrons. The fourth-order valence-electron chi connectivity index (χ4n) is 1.35. The van der Waals surface area contributed by atoms with E-state index < -0.39 is 17.8 Å². The first-order chi connectivity index (χ1) is 9.42. The van der Waals surface area contributed by atoms with Gasteiger partial charge in [0, 0.05) is 18.0 Å². The minimum absolute atomic E-state index is 0.197. The van der Waals surface area contributed by atoms with E-state index in [1.54, 1.807) is 6.92 Å². The van der Waals surface area contributed by atoms with Crippen LogP contribution in [0.3, 0.4) is 0 Å². The summed E-state index contributed by atoms with van der Waals surface area (Å²) in [5, 5.41) is 14.8. The molecule has 0 unspecified atom stereocenters. The first-order valence-corrected chi connectivity index (χ1v) is 5.83. The first kappa shape index (κ1) is 15.4. The van der Waals surface area contributed by atoms with Crippen molar-refractivity contribution in [2.24, 2.45) is 0 Å². The minimum Gasteiger partial charge on any atom is -0.480 e. The number of carbonyl (C=O) groups is 3. The van der Waals surface area contributed by atoms with Crippen LogP contribution in [0.4, 0.5) is 0 Å². The van der Waals surface area contributed by atoms with Gasteiger partial charge in [-0.3, -0.25) is 14.3 Å². The number of amides is 1. The fraction of sp³-hybridized carbons (Fsp3) is 0.333. The smallest absolute Gasteiger partial charge is 0.332 e. The number of carbonyl (C=O) groups excluding carboxylic acids is 2. The third-order valence-electron chi connectivity index (χ3n) is 2.12. The molecular formula is C12H15N3O5. The van der Waals surface area contributed by atoms with E-state index in [1.807, 2.05) is 0 Å². The SMILES string of the molecule is CCOC(=O)/C=C(\C)NC(=O)c1cnn(CC(=O)O)c1. The molecule has 1 heterocycles. The van der Waals surface area contributed by atoms with Gasteiger partial charge in [-0.25, -0.2) is 4.79 Å². The zero-order valence-electron chi connectivity index (χ0n) is 11.1. The fourth-order valence-corrected chi connectivity index (χ4v) is 1.35. The molecule has 0 aliphatic rings. The van der Waals surface area contributed by atoms with Crippen molar-refractivity contribution in [2.75, 3.05) is 6.61 Å². The number of nitrogens with one attached hydrogen (secondary N) is 1. The quantitative estimate of drug-likeness (QED) is 0.568. The van der Waals surface area contributed by atoms with Gasteiger partial charge < -0.3 is 15.2 Å². The summed E-state index contributed by atoms with van der Waals surface area (Å²) in [6, 6.07) is 0. The average Bonchev–Trinajstić information content (AvgIpc) is 2.76. The first-order valence-electron chi connectivity index (χ1n) is 5.83. The van der Waals surface area contributed by atoms with Gasteiger partial charge in [0.05, 0.1) is 18.4 Å². The van der Waals surface area contributed by atoms with Crippen LogP contribution in [0.25, 0.3) is 0 Å². The molecule has 0 saturated heterocycles. The Hall–Kier alpha value is -2.64. The van der Waals surface area contributed by atoms with Crippen molar-refractivity contribution in [1.82, 2.24) is 15.1 Å². The number of nitrogens with zero attached hydrogens (tertiary/aromatic N) is 2. The monoisotopic (exact) mass is 281 g/mol. The van der Waals surface area contributed by atoms with Crippen LogP contribution in [0.2, 0.25) is 0 Å². The minimum atomic E-state index is -1.06. The van der Waals surface area contributed by atoms with Gasteiger partial charge in [-0.1, -0.05) is 0 Å². The molecule has 2 N–H and O–H groups in total. The van der Waals surface area contributed by atoms with Crippen molar-refractivity contribution in [3.8, 4) is 0 Å². The van der Waals surface area contributed by atoms with Crippen LogP contribution in [0, 0.1) is 0 Å². The predicted molar refractivity (Wildman–Crippen MR) is 67.7 cm³/mol. The number of carboxylic acid groups (broad SMARTS) is 1. The molecule has 1 aromatic rings. The second-order valence-electron chi connectivity index (χ2n) is 3.85. The van der Waals surface area contributed by atoms with Gasteiger partial charge in [-0.15, -0.1) is 0 Å². The Balaban J connectivity index is 2.64. The summed E-state index contributed by atoms with van der Waals surface area (Å²) in [4.78, 5) is 33.4. The van der Waals surface area contributed by atoms with E-state index in [-0.39, 0.29) is 18.7 Å². The number of esters is 1. The van der Waals surface area contributed by atoms with Crippen molar-refractivity contribution in [2.45, 2.75) is 20.4 Å². The lowest BCUT2D eigenvalue weighted by molar-refractivity contribution is -0.138. The van der Waals surface area contributed by atoms with Crippen LogP contribution < -0.4 is 5.32 Å². The van der Waals surface area contributed by atoms with Crippen LogP contribution >= 0.6 is 0 Å². The molecule has 0 saturated carbocycles. The van der Waals surface area contributed by atoms with E-state index in [2.05, 4.69) is 10.4 Å². The lowest BCUT2D eigenvalue weighted by atomic mass is 10.3. The van der Waals surface area contributed by atoms with Gasteiger partial charge in [0.15, 0.2) is 0 Å². The van der Waals surface area contributed by atoms with E-state index in [4.69, 9.17) is 9.84 Å². The molecule has 0 fully saturated rings. The highest BCUT2D eigenvalue weighted by molar-refractivity contribution is 5.95. The maximum absolute atomic E-state index is 11.8. The zero-order chi connectivity index (χ0) is 15.1. The van der Waals surface area contributed by atoms with Gasteiger partial charge in [-0.05, 0) is 13.8 Å². The summed E-state index contributed by atoms with van der Waals surface area (Å²) in [5.41, 5.74) is 0.516. The molecule has 0 spiro atoms. The second-order valence-corrected chi connectivity index (χ2v) is 3.85. The van der Waals surface area contributed by atoms with Crippen LogP contribution in [0.15, 0.2) is 24.2 Å². The van der Waals surface area contributed by atoms with Crippen molar-refractivity contribution in [3.63, 3.8) is 0 Å². The highest BCUT2D eigenvalue weighted by Gasteiger charge is 2.10. The summed E-state index contributed by atoms with van der Waals surface area (Å²) in [5.74, 6) is -2.09. The third-order valence-corrected chi connectivity index (χ3v) is 2.12. The predicted octanol–water partition coefficient (Wildman–Crippen LogP) is 0.164. The molecular weight excluding hydrogens is 266 g/mol. The van der Waals surface area contributed by atoms with E-state index in [0.717, 1.165) is 10.8 Å². The maximum Gasteiger partial charge on any atom is 0.332 e. The van der Waals surface area contributed by atoms with Gasteiger partial charge in [0.1, 0.15) is 6.54 Å². The lowest BCUT2D eigenvalue weighted by Crippen LogP contribution is -2.22. The number of aliphatic carboxylic acids is 1. The molecule has 0 aromatic carbocycles. The molecule has 0 aliphatic carbocycles. The van der Waals surface area contributed by atoms with Gasteiger partial charge in [0.2, 0.25) is 0 Å². The Morgan fingerprint density at radius 2 is 2.20 bits per heavy atom. The van der Waals surface area contributed by atoms with E-state index in [9.17, 15) is 14.4 Å². The molecule has 8 heteroatoms. The van der Waals surface area contributed by atoms with E-state index in [0.29, 0.717) is 5.70 Å². The summed E-state index contributed by atoms with van der Waals surface area (Å²) in [7, 11) is 0. The van der Waals surface area contributed by atoms with Crippen LogP contribution in [0.1, 0.15) is 24.2 Å². The summed E-state index contributed by atoms with van der Waals surface area (Å²) >= 11 is 0. The van der Waals surface area contributed by atoms with E-state index >= 15 is 0 Å². The van der Waals surface area contributed by atoms with Crippen LogP contribution in [-0.2, 0) is 20.9 Å². The zero-order valence-corrected chi connectivity index (χ0v) is 11.1.